The number of benzene rings is 8. The van der Waals surface area contributed by atoms with E-state index in [9.17, 15) is 0 Å². The Labute approximate surface area is 326 Å². The first-order valence-electron chi connectivity index (χ1n) is 19.1. The van der Waals surface area contributed by atoms with Gasteiger partial charge in [-0.05, 0) is 59.7 Å². The van der Waals surface area contributed by atoms with Gasteiger partial charge in [-0.25, -0.2) is 4.98 Å². The molecule has 4 aromatic heterocycles. The van der Waals surface area contributed by atoms with E-state index in [-0.39, 0.29) is 0 Å². The van der Waals surface area contributed by atoms with Crippen molar-refractivity contribution in [2.24, 2.45) is 0 Å². The third-order valence-electron chi connectivity index (χ3n) is 11.2. The summed E-state index contributed by atoms with van der Waals surface area (Å²) >= 11 is 0. The van der Waals surface area contributed by atoms with Gasteiger partial charge in [0.05, 0.1) is 27.6 Å². The van der Waals surface area contributed by atoms with Gasteiger partial charge in [-0.2, -0.15) is 9.97 Å². The van der Waals surface area contributed by atoms with Gasteiger partial charge in [0, 0.05) is 43.6 Å². The van der Waals surface area contributed by atoms with Gasteiger partial charge >= 0.3 is 0 Å². The summed E-state index contributed by atoms with van der Waals surface area (Å²) in [6, 6.07) is 65.6. The van der Waals surface area contributed by atoms with Gasteiger partial charge in [0.2, 0.25) is 5.95 Å². The molecule has 0 aliphatic heterocycles. The molecule has 4 heterocycles. The average Bonchev–Trinajstić information content (AvgIpc) is 3.93. The summed E-state index contributed by atoms with van der Waals surface area (Å²) < 4.78 is 11.1. The summed E-state index contributed by atoms with van der Waals surface area (Å²) in [6.07, 6.45) is 0. The molecule has 6 heteroatoms. The summed E-state index contributed by atoms with van der Waals surface area (Å²) in [4.78, 5) is 15.8. The van der Waals surface area contributed by atoms with Crippen LogP contribution in [0, 0.1) is 0 Å². The predicted molar refractivity (Wildman–Crippen MR) is 232 cm³/mol. The molecule has 0 unspecified atom stereocenters. The molecule has 0 saturated heterocycles. The Balaban J connectivity index is 1.15. The highest BCUT2D eigenvalue weighted by Gasteiger charge is 2.22. The van der Waals surface area contributed by atoms with Crippen molar-refractivity contribution in [3.8, 4) is 45.5 Å². The molecule has 0 atom stereocenters. The third kappa shape index (κ3) is 4.87. The monoisotopic (exact) mass is 729 g/mol. The number of fused-ring (bicyclic) bond motifs is 9. The zero-order chi connectivity index (χ0) is 37.5. The number of furan rings is 1. The van der Waals surface area contributed by atoms with E-state index in [1.807, 2.05) is 30.3 Å². The van der Waals surface area contributed by atoms with Crippen LogP contribution in [0.1, 0.15) is 0 Å². The summed E-state index contributed by atoms with van der Waals surface area (Å²) in [5.74, 6) is 1.65. The topological polar surface area (TPSA) is 61.7 Å². The second kappa shape index (κ2) is 12.3. The molecular weight excluding hydrogens is 699 g/mol. The molecule has 266 valence electrons. The Kier molecular flexibility index (Phi) is 6.83. The van der Waals surface area contributed by atoms with E-state index in [1.165, 1.54) is 10.8 Å². The number of nitrogens with zero attached hydrogens (tertiary/aromatic N) is 5. The van der Waals surface area contributed by atoms with Crippen LogP contribution in [0.3, 0.4) is 0 Å². The first-order chi connectivity index (χ1) is 28.3. The van der Waals surface area contributed by atoms with E-state index >= 15 is 0 Å². The number of hydrogen-bond donors (Lipinski definition) is 0. The zero-order valence-corrected chi connectivity index (χ0v) is 30.5. The highest BCUT2D eigenvalue weighted by molar-refractivity contribution is 6.19. The number of para-hydroxylation sites is 5. The summed E-state index contributed by atoms with van der Waals surface area (Å²) in [7, 11) is 0. The predicted octanol–water partition coefficient (Wildman–Crippen LogP) is 13.0. The smallest absolute Gasteiger partial charge is 0.238 e. The van der Waals surface area contributed by atoms with Crippen molar-refractivity contribution in [1.82, 2.24) is 24.1 Å². The van der Waals surface area contributed by atoms with Crippen LogP contribution in [0.2, 0.25) is 0 Å². The molecule has 12 aromatic rings. The first kappa shape index (κ1) is 31.5. The Morgan fingerprint density at radius 3 is 1.67 bits per heavy atom. The van der Waals surface area contributed by atoms with Gasteiger partial charge in [0.25, 0.3) is 0 Å². The molecule has 0 amide bonds. The van der Waals surface area contributed by atoms with Crippen molar-refractivity contribution >= 4 is 65.6 Å². The Hall–Kier alpha value is -7.83. The number of rotatable bonds is 5. The van der Waals surface area contributed by atoms with Crippen molar-refractivity contribution in [1.29, 1.82) is 0 Å². The molecule has 0 N–H and O–H groups in total. The maximum Gasteiger partial charge on any atom is 0.238 e. The van der Waals surface area contributed by atoms with Crippen molar-refractivity contribution in [2.75, 3.05) is 0 Å². The van der Waals surface area contributed by atoms with Gasteiger partial charge in [-0.1, -0.05) is 140 Å². The third-order valence-corrected chi connectivity index (χ3v) is 11.2. The zero-order valence-electron chi connectivity index (χ0n) is 30.5. The minimum atomic E-state index is 0.531. The van der Waals surface area contributed by atoms with E-state index in [4.69, 9.17) is 19.4 Å². The first-order valence-corrected chi connectivity index (χ1v) is 19.1. The van der Waals surface area contributed by atoms with E-state index in [2.05, 4.69) is 167 Å². The van der Waals surface area contributed by atoms with Gasteiger partial charge in [0.15, 0.2) is 11.6 Å². The van der Waals surface area contributed by atoms with E-state index in [0.717, 1.165) is 82.7 Å². The fourth-order valence-electron chi connectivity index (χ4n) is 8.58. The maximum atomic E-state index is 6.54. The van der Waals surface area contributed by atoms with Crippen molar-refractivity contribution < 1.29 is 4.42 Å². The lowest BCUT2D eigenvalue weighted by molar-refractivity contribution is 0.669. The molecule has 8 aromatic carbocycles. The minimum Gasteiger partial charge on any atom is -0.455 e. The summed E-state index contributed by atoms with van der Waals surface area (Å²) in [5, 5.41) is 6.73. The second-order valence-corrected chi connectivity index (χ2v) is 14.4. The molecule has 0 saturated carbocycles. The van der Waals surface area contributed by atoms with Crippen LogP contribution in [0.4, 0.5) is 0 Å². The Morgan fingerprint density at radius 2 is 0.912 bits per heavy atom. The highest BCUT2D eigenvalue weighted by atomic mass is 16.3. The fraction of sp³-hybridized carbons (Fsp3) is 0. The van der Waals surface area contributed by atoms with E-state index < -0.39 is 0 Å². The molecule has 0 fully saturated rings. The standard InChI is InChI=1S/C51H31N5O/c1-3-14-32(15-4-1)33-26-28-34(29-27-33)49-52-50(40-22-13-21-39-38-20-9-12-25-47(38)57-48(39)40)54-51(53-49)56-44-24-11-8-19-37(44)42-30-41-36-18-7-10-23-43(36)55(45(41)31-46(42)56)35-16-5-2-6-17-35/h1-31H. The van der Waals surface area contributed by atoms with Crippen molar-refractivity contribution in [2.45, 2.75) is 0 Å². The molecule has 12 rings (SSSR count). The van der Waals surface area contributed by atoms with Crippen LogP contribution in [0.15, 0.2) is 192 Å². The lowest BCUT2D eigenvalue weighted by Gasteiger charge is -2.12. The summed E-state index contributed by atoms with van der Waals surface area (Å²) in [5.41, 5.74) is 10.9. The fourth-order valence-corrected chi connectivity index (χ4v) is 8.58. The van der Waals surface area contributed by atoms with Crippen LogP contribution >= 0.6 is 0 Å². The van der Waals surface area contributed by atoms with Gasteiger partial charge in [-0.3, -0.25) is 4.57 Å². The van der Waals surface area contributed by atoms with Crippen LogP contribution in [0.5, 0.6) is 0 Å². The van der Waals surface area contributed by atoms with Gasteiger partial charge < -0.3 is 8.98 Å². The maximum absolute atomic E-state index is 6.54. The quantitative estimate of drug-likeness (QED) is 0.177. The molecule has 57 heavy (non-hydrogen) atoms. The number of hydrogen-bond acceptors (Lipinski definition) is 4. The van der Waals surface area contributed by atoms with Crippen LogP contribution in [-0.2, 0) is 0 Å². The van der Waals surface area contributed by atoms with E-state index in [0.29, 0.717) is 17.6 Å². The van der Waals surface area contributed by atoms with Gasteiger partial charge in [-0.15, -0.1) is 0 Å². The normalized spacial score (nSPS) is 11.9. The van der Waals surface area contributed by atoms with Crippen LogP contribution in [-0.4, -0.2) is 24.1 Å². The SMILES string of the molecule is c1ccc(-c2ccc(-c3nc(-c4cccc5c4oc4ccccc45)nc(-n4c5ccccc5c5cc6c7ccccc7n(-c7ccccc7)c6cc54)n3)cc2)cc1. The lowest BCUT2D eigenvalue weighted by atomic mass is 10.0. The van der Waals surface area contributed by atoms with Crippen LogP contribution < -0.4 is 0 Å². The van der Waals surface area contributed by atoms with Crippen molar-refractivity contribution in [3.63, 3.8) is 0 Å². The average molecular weight is 730 g/mol. The van der Waals surface area contributed by atoms with Crippen molar-refractivity contribution in [3.05, 3.63) is 188 Å². The largest absolute Gasteiger partial charge is 0.455 e. The minimum absolute atomic E-state index is 0.531. The van der Waals surface area contributed by atoms with Crippen LogP contribution in [0.25, 0.3) is 111 Å². The molecular formula is C51H31N5O. The number of aromatic nitrogens is 5. The molecule has 6 nitrogen and oxygen atoms in total. The van der Waals surface area contributed by atoms with E-state index in [1.54, 1.807) is 0 Å². The lowest BCUT2D eigenvalue weighted by Crippen LogP contribution is -2.06. The molecule has 0 spiro atoms. The molecule has 0 bridgehead atoms. The summed E-state index contributed by atoms with van der Waals surface area (Å²) in [6.45, 7) is 0. The molecule has 0 aliphatic carbocycles. The Bertz CT molecular complexity index is 3510. The Morgan fingerprint density at radius 1 is 0.351 bits per heavy atom. The molecule has 0 radical (unpaired) electrons. The molecule has 0 aliphatic rings. The van der Waals surface area contributed by atoms with Gasteiger partial charge in [0.1, 0.15) is 11.2 Å². The second-order valence-electron chi connectivity index (χ2n) is 14.4. The highest BCUT2D eigenvalue weighted by Crippen LogP contribution is 2.40.